The molecule has 72 valence electrons. The van der Waals surface area contributed by atoms with Gasteiger partial charge in [0.05, 0.1) is 0 Å². The van der Waals surface area contributed by atoms with Crippen LogP contribution >= 0.6 is 0 Å². The zero-order chi connectivity index (χ0) is 11.1. The van der Waals surface area contributed by atoms with E-state index in [2.05, 4.69) is 13.2 Å². The van der Waals surface area contributed by atoms with E-state index in [1.165, 1.54) is 5.57 Å². The average Bonchev–Trinajstić information content (AvgIpc) is 2.15. The van der Waals surface area contributed by atoms with Gasteiger partial charge < -0.3 is 0 Å². The van der Waals surface area contributed by atoms with Crippen molar-refractivity contribution in [2.75, 3.05) is 0 Å². The molecule has 0 spiro atoms. The lowest BCUT2D eigenvalue weighted by molar-refractivity contribution is 1.39. The van der Waals surface area contributed by atoms with Gasteiger partial charge in [-0.15, -0.1) is 12.1 Å². The Morgan fingerprint density at radius 3 is 2.00 bits per heavy atom. The molecule has 0 aromatic heterocycles. The third kappa shape index (κ3) is 4.13. The molecule has 0 aliphatic rings. The highest BCUT2D eigenvalue weighted by molar-refractivity contribution is 6.23. The van der Waals surface area contributed by atoms with Crippen molar-refractivity contribution in [2.45, 2.75) is 20.8 Å². The molecule has 0 saturated heterocycles. The highest BCUT2D eigenvalue weighted by Crippen LogP contribution is 2.11. The smallest absolute Gasteiger partial charge is 0.106 e. The molecule has 0 aliphatic heterocycles. The predicted octanol–water partition coefficient (Wildman–Crippen LogP) is 3.69. The summed E-state index contributed by atoms with van der Waals surface area (Å²) in [4.78, 5) is 0. The van der Waals surface area contributed by atoms with Crippen molar-refractivity contribution >= 4 is 7.85 Å². The number of rotatable bonds is 4. The molecule has 0 bridgehead atoms. The Hall–Kier alpha value is -1.24. The van der Waals surface area contributed by atoms with E-state index in [9.17, 15) is 0 Å². The molecule has 0 aromatic rings. The Labute approximate surface area is 88.8 Å². The van der Waals surface area contributed by atoms with Crippen LogP contribution in [0.5, 0.6) is 0 Å². The van der Waals surface area contributed by atoms with Gasteiger partial charge in [-0.3, -0.25) is 0 Å². The van der Waals surface area contributed by atoms with Gasteiger partial charge in [0.15, 0.2) is 0 Å². The first-order valence-electron chi connectivity index (χ1n) is 4.62. The summed E-state index contributed by atoms with van der Waals surface area (Å²) >= 11 is 0. The van der Waals surface area contributed by atoms with Crippen LogP contribution in [0.4, 0.5) is 0 Å². The molecule has 0 rings (SSSR count). The van der Waals surface area contributed by atoms with Gasteiger partial charge in [-0.05, 0) is 31.9 Å². The zero-order valence-electron chi connectivity index (χ0n) is 9.30. The van der Waals surface area contributed by atoms with Gasteiger partial charge >= 0.3 is 0 Å². The molecule has 0 saturated carbocycles. The van der Waals surface area contributed by atoms with E-state index in [1.54, 1.807) is 0 Å². The van der Waals surface area contributed by atoms with E-state index >= 15 is 0 Å². The van der Waals surface area contributed by atoms with Crippen LogP contribution in [0.25, 0.3) is 0 Å². The molecule has 0 amide bonds. The van der Waals surface area contributed by atoms with Gasteiger partial charge in [-0.25, -0.2) is 0 Å². The summed E-state index contributed by atoms with van der Waals surface area (Å²) in [7, 11) is 5.54. The minimum atomic E-state index is 0.606. The van der Waals surface area contributed by atoms with E-state index in [4.69, 9.17) is 7.85 Å². The predicted molar refractivity (Wildman–Crippen MR) is 66.4 cm³/mol. The molecule has 14 heavy (non-hydrogen) atoms. The second-order valence-corrected chi connectivity index (χ2v) is 3.17. The SMILES string of the molecule is [B]C(=C)\C(C)=C/C=C(C)/C(C=C)=C/C. The fourth-order valence-corrected chi connectivity index (χ4v) is 0.960. The van der Waals surface area contributed by atoms with Crippen LogP contribution in [0.15, 0.2) is 59.7 Å². The van der Waals surface area contributed by atoms with Gasteiger partial charge in [-0.2, -0.15) is 0 Å². The van der Waals surface area contributed by atoms with Crippen molar-refractivity contribution in [3.8, 4) is 0 Å². The molecule has 0 unspecified atom stereocenters. The monoisotopic (exact) mass is 184 g/mol. The summed E-state index contributed by atoms with van der Waals surface area (Å²) in [5.74, 6) is 0. The second kappa shape index (κ2) is 6.25. The normalized spacial score (nSPS) is 14.1. The van der Waals surface area contributed by atoms with Gasteiger partial charge in [-0.1, -0.05) is 36.5 Å². The summed E-state index contributed by atoms with van der Waals surface area (Å²) in [5.41, 5.74) is 3.90. The van der Waals surface area contributed by atoms with Crippen molar-refractivity contribution in [3.05, 3.63) is 59.7 Å². The van der Waals surface area contributed by atoms with Crippen molar-refractivity contribution in [1.82, 2.24) is 0 Å². The lowest BCUT2D eigenvalue weighted by Gasteiger charge is -2.01. The fourth-order valence-electron chi connectivity index (χ4n) is 0.960. The number of allylic oxidation sites excluding steroid dienone is 8. The Morgan fingerprint density at radius 2 is 1.64 bits per heavy atom. The molecule has 2 radical (unpaired) electrons. The molecule has 0 nitrogen and oxygen atoms in total. The van der Waals surface area contributed by atoms with Crippen LogP contribution in [0.3, 0.4) is 0 Å². The highest BCUT2D eigenvalue weighted by Gasteiger charge is 1.92. The highest BCUT2D eigenvalue weighted by atomic mass is 14.0. The van der Waals surface area contributed by atoms with Crippen LogP contribution in [0.2, 0.25) is 0 Å². The largest absolute Gasteiger partial charge is 0.113 e. The van der Waals surface area contributed by atoms with Gasteiger partial charge in [0.2, 0.25) is 0 Å². The molecular weight excluding hydrogens is 167 g/mol. The van der Waals surface area contributed by atoms with Crippen molar-refractivity contribution in [2.24, 2.45) is 0 Å². The molecule has 1 heteroatoms. The summed E-state index contributed by atoms with van der Waals surface area (Å²) in [6.07, 6.45) is 7.85. The lowest BCUT2D eigenvalue weighted by atomic mass is 9.90. The van der Waals surface area contributed by atoms with Crippen LogP contribution in [-0.2, 0) is 0 Å². The molecule has 0 aliphatic carbocycles. The summed E-state index contributed by atoms with van der Waals surface area (Å²) in [5, 5.41) is 0. The third-order valence-electron chi connectivity index (χ3n) is 2.08. The van der Waals surface area contributed by atoms with Gasteiger partial charge in [0, 0.05) is 0 Å². The Morgan fingerprint density at radius 1 is 1.14 bits per heavy atom. The van der Waals surface area contributed by atoms with Gasteiger partial charge in [0.25, 0.3) is 0 Å². The molecule has 0 N–H and O–H groups in total. The molecule has 0 heterocycles. The minimum Gasteiger partial charge on any atom is -0.106 e. The molecule has 0 fully saturated rings. The maximum atomic E-state index is 5.54. The minimum absolute atomic E-state index is 0.606. The standard InChI is InChI=1S/C13H17B/c1-6-13(7-2)11(4)9-8-10(3)12(5)14/h6-9H,1,5H2,2-4H3/b10-8-,11-9+,13-7+. The van der Waals surface area contributed by atoms with Crippen LogP contribution in [0.1, 0.15) is 20.8 Å². The quantitative estimate of drug-likeness (QED) is 0.461. The van der Waals surface area contributed by atoms with Crippen LogP contribution in [-0.4, -0.2) is 7.85 Å². The first-order chi connectivity index (χ1) is 6.52. The fraction of sp³-hybridized carbons (Fsp3) is 0.231. The topological polar surface area (TPSA) is 0 Å². The first kappa shape index (κ1) is 12.8. The summed E-state index contributed by atoms with van der Waals surface area (Å²) < 4.78 is 0. The maximum Gasteiger partial charge on any atom is 0.113 e. The van der Waals surface area contributed by atoms with Crippen molar-refractivity contribution < 1.29 is 0 Å². The molecule has 0 atom stereocenters. The lowest BCUT2D eigenvalue weighted by Crippen LogP contribution is -1.82. The Kier molecular flexibility index (Phi) is 5.70. The first-order valence-corrected chi connectivity index (χ1v) is 4.62. The Balaban J connectivity index is 4.78. The van der Waals surface area contributed by atoms with Crippen molar-refractivity contribution in [1.29, 1.82) is 0 Å². The number of hydrogen-bond acceptors (Lipinski definition) is 0. The summed E-state index contributed by atoms with van der Waals surface area (Å²) in [6.45, 7) is 13.4. The van der Waals surface area contributed by atoms with Crippen LogP contribution in [0, 0.1) is 0 Å². The maximum absolute atomic E-state index is 5.54. The van der Waals surface area contributed by atoms with E-state index in [0.29, 0.717) is 5.47 Å². The van der Waals surface area contributed by atoms with E-state index in [0.717, 1.165) is 11.1 Å². The van der Waals surface area contributed by atoms with E-state index in [1.807, 2.05) is 45.1 Å². The van der Waals surface area contributed by atoms with Gasteiger partial charge in [0.1, 0.15) is 7.85 Å². The third-order valence-corrected chi connectivity index (χ3v) is 2.08. The molecule has 0 aromatic carbocycles. The number of hydrogen-bond donors (Lipinski definition) is 0. The van der Waals surface area contributed by atoms with Crippen molar-refractivity contribution in [3.63, 3.8) is 0 Å². The average molecular weight is 184 g/mol. The van der Waals surface area contributed by atoms with E-state index < -0.39 is 0 Å². The van der Waals surface area contributed by atoms with Crippen LogP contribution < -0.4 is 0 Å². The molecular formula is C13H17B. The Bertz CT molecular complexity index is 314. The second-order valence-electron chi connectivity index (χ2n) is 3.17. The zero-order valence-corrected chi connectivity index (χ0v) is 9.30. The van der Waals surface area contributed by atoms with E-state index in [-0.39, 0.29) is 0 Å². The summed E-state index contributed by atoms with van der Waals surface area (Å²) in [6, 6.07) is 0.